The third-order valence-corrected chi connectivity index (χ3v) is 4.65. The van der Waals surface area contributed by atoms with E-state index in [2.05, 4.69) is 13.8 Å². The first kappa shape index (κ1) is 15.3. The summed E-state index contributed by atoms with van der Waals surface area (Å²) in [5, 5.41) is 10.7. The van der Waals surface area contributed by atoms with E-state index < -0.39 is 5.60 Å². The third-order valence-electron chi connectivity index (χ3n) is 4.65. The standard InChI is InChI=1S/C17H25FO2/c1-12(2)14-6-8-17(19,9-7-14)11-13-4-5-16(20-3)15(18)10-13/h4-5,10,12,14,19H,6-9,11H2,1-3H3. The van der Waals surface area contributed by atoms with Gasteiger partial charge < -0.3 is 9.84 Å². The van der Waals surface area contributed by atoms with Gasteiger partial charge in [-0.15, -0.1) is 0 Å². The lowest BCUT2D eigenvalue weighted by Gasteiger charge is -2.37. The number of aliphatic hydroxyl groups is 1. The molecule has 1 aliphatic rings. The average Bonchev–Trinajstić information content (AvgIpc) is 2.39. The highest BCUT2D eigenvalue weighted by molar-refractivity contribution is 5.30. The Morgan fingerprint density at radius 3 is 2.50 bits per heavy atom. The largest absolute Gasteiger partial charge is 0.494 e. The van der Waals surface area contributed by atoms with Crippen molar-refractivity contribution in [3.8, 4) is 5.75 Å². The number of hydrogen-bond donors (Lipinski definition) is 1. The molecule has 1 aromatic rings. The molecule has 0 unspecified atom stereocenters. The molecule has 0 aliphatic heterocycles. The molecule has 3 heteroatoms. The van der Waals surface area contributed by atoms with Crippen molar-refractivity contribution in [3.63, 3.8) is 0 Å². The van der Waals surface area contributed by atoms with Gasteiger partial charge in [-0.05, 0) is 55.2 Å². The van der Waals surface area contributed by atoms with Crippen molar-refractivity contribution in [2.45, 2.75) is 51.6 Å². The monoisotopic (exact) mass is 280 g/mol. The molecule has 1 aromatic carbocycles. The van der Waals surface area contributed by atoms with E-state index in [-0.39, 0.29) is 11.6 Å². The average molecular weight is 280 g/mol. The Hall–Kier alpha value is -1.09. The quantitative estimate of drug-likeness (QED) is 0.904. The van der Waals surface area contributed by atoms with Crippen molar-refractivity contribution >= 4 is 0 Å². The Kier molecular flexibility index (Phi) is 4.69. The Morgan fingerprint density at radius 1 is 1.35 bits per heavy atom. The highest BCUT2D eigenvalue weighted by atomic mass is 19.1. The van der Waals surface area contributed by atoms with Crippen LogP contribution in [0.25, 0.3) is 0 Å². The van der Waals surface area contributed by atoms with Crippen molar-refractivity contribution in [2.24, 2.45) is 11.8 Å². The molecule has 20 heavy (non-hydrogen) atoms. The van der Waals surface area contributed by atoms with Crippen molar-refractivity contribution in [3.05, 3.63) is 29.6 Å². The number of methoxy groups -OCH3 is 1. The summed E-state index contributed by atoms with van der Waals surface area (Å²) in [6.07, 6.45) is 4.27. The van der Waals surface area contributed by atoms with Gasteiger partial charge in [0.2, 0.25) is 0 Å². The molecule has 0 radical (unpaired) electrons. The summed E-state index contributed by atoms with van der Waals surface area (Å²) in [7, 11) is 1.46. The summed E-state index contributed by atoms with van der Waals surface area (Å²) < 4.78 is 18.6. The van der Waals surface area contributed by atoms with Gasteiger partial charge in [0.15, 0.2) is 11.6 Å². The van der Waals surface area contributed by atoms with Gasteiger partial charge in [0.05, 0.1) is 12.7 Å². The Labute approximate surface area is 121 Å². The maximum absolute atomic E-state index is 13.7. The molecule has 0 atom stereocenters. The molecule has 0 heterocycles. The molecule has 1 saturated carbocycles. The molecule has 1 aliphatic carbocycles. The lowest BCUT2D eigenvalue weighted by atomic mass is 9.72. The minimum absolute atomic E-state index is 0.254. The van der Waals surface area contributed by atoms with Crippen LogP contribution in [-0.4, -0.2) is 17.8 Å². The smallest absolute Gasteiger partial charge is 0.165 e. The van der Waals surface area contributed by atoms with Crippen LogP contribution >= 0.6 is 0 Å². The summed E-state index contributed by atoms with van der Waals surface area (Å²) in [6, 6.07) is 4.95. The Bertz CT molecular complexity index is 448. The fourth-order valence-corrected chi connectivity index (χ4v) is 3.22. The second kappa shape index (κ2) is 6.13. The van der Waals surface area contributed by atoms with E-state index in [1.54, 1.807) is 6.07 Å². The van der Waals surface area contributed by atoms with Crippen LogP contribution in [0.1, 0.15) is 45.1 Å². The maximum atomic E-state index is 13.7. The van der Waals surface area contributed by atoms with Crippen LogP contribution in [0.4, 0.5) is 4.39 Å². The highest BCUT2D eigenvalue weighted by Gasteiger charge is 2.34. The summed E-state index contributed by atoms with van der Waals surface area (Å²) in [6.45, 7) is 4.49. The normalized spacial score (nSPS) is 26.8. The first-order valence-electron chi connectivity index (χ1n) is 7.48. The maximum Gasteiger partial charge on any atom is 0.165 e. The first-order chi connectivity index (χ1) is 9.43. The van der Waals surface area contributed by atoms with Crippen molar-refractivity contribution in [2.75, 3.05) is 7.11 Å². The molecule has 1 fully saturated rings. The number of ether oxygens (including phenoxy) is 1. The van der Waals surface area contributed by atoms with Crippen LogP contribution in [0, 0.1) is 17.7 Å². The SMILES string of the molecule is COc1ccc(CC2(O)CCC(C(C)C)CC2)cc1F. The fraction of sp³-hybridized carbons (Fsp3) is 0.647. The minimum Gasteiger partial charge on any atom is -0.494 e. The van der Waals surface area contributed by atoms with E-state index in [1.165, 1.54) is 13.2 Å². The van der Waals surface area contributed by atoms with E-state index in [0.717, 1.165) is 31.2 Å². The van der Waals surface area contributed by atoms with Crippen LogP contribution in [0.5, 0.6) is 5.75 Å². The molecule has 2 rings (SSSR count). The van der Waals surface area contributed by atoms with Gasteiger partial charge in [-0.1, -0.05) is 19.9 Å². The van der Waals surface area contributed by atoms with Crippen molar-refractivity contribution in [1.29, 1.82) is 0 Å². The lowest BCUT2D eigenvalue weighted by Crippen LogP contribution is -2.37. The summed E-state index contributed by atoms with van der Waals surface area (Å²) >= 11 is 0. The predicted molar refractivity (Wildman–Crippen MR) is 78.4 cm³/mol. The number of benzene rings is 1. The van der Waals surface area contributed by atoms with Crippen LogP contribution in [0.3, 0.4) is 0 Å². The van der Waals surface area contributed by atoms with E-state index in [0.29, 0.717) is 18.3 Å². The van der Waals surface area contributed by atoms with Crippen LogP contribution in [-0.2, 0) is 6.42 Å². The van der Waals surface area contributed by atoms with Gasteiger partial charge in [-0.25, -0.2) is 4.39 Å². The van der Waals surface area contributed by atoms with Gasteiger partial charge in [0, 0.05) is 6.42 Å². The second-order valence-corrected chi connectivity index (χ2v) is 6.45. The topological polar surface area (TPSA) is 29.5 Å². The zero-order valence-corrected chi connectivity index (χ0v) is 12.7. The minimum atomic E-state index is -0.674. The lowest BCUT2D eigenvalue weighted by molar-refractivity contribution is -0.0146. The Balaban J connectivity index is 2.01. The Morgan fingerprint density at radius 2 is 2.00 bits per heavy atom. The predicted octanol–water partition coefficient (Wildman–Crippen LogP) is 3.95. The van der Waals surface area contributed by atoms with Gasteiger partial charge in [-0.3, -0.25) is 0 Å². The zero-order valence-electron chi connectivity index (χ0n) is 12.7. The number of halogens is 1. The van der Waals surface area contributed by atoms with Crippen molar-refractivity contribution < 1.29 is 14.2 Å². The number of rotatable bonds is 4. The second-order valence-electron chi connectivity index (χ2n) is 6.45. The molecule has 0 amide bonds. The molecule has 2 nitrogen and oxygen atoms in total. The van der Waals surface area contributed by atoms with E-state index >= 15 is 0 Å². The highest BCUT2D eigenvalue weighted by Crippen LogP contribution is 2.37. The molecule has 0 aromatic heterocycles. The summed E-state index contributed by atoms with van der Waals surface area (Å²) in [5.74, 6) is 1.29. The van der Waals surface area contributed by atoms with E-state index in [4.69, 9.17) is 4.74 Å². The molecule has 112 valence electrons. The fourth-order valence-electron chi connectivity index (χ4n) is 3.22. The molecule has 0 spiro atoms. The zero-order chi connectivity index (χ0) is 14.8. The van der Waals surface area contributed by atoms with Gasteiger partial charge in [0.25, 0.3) is 0 Å². The molecule has 1 N–H and O–H groups in total. The molecule has 0 bridgehead atoms. The van der Waals surface area contributed by atoms with Gasteiger partial charge >= 0.3 is 0 Å². The third kappa shape index (κ3) is 3.51. The van der Waals surface area contributed by atoms with Gasteiger partial charge in [0.1, 0.15) is 0 Å². The van der Waals surface area contributed by atoms with Crippen LogP contribution in [0.15, 0.2) is 18.2 Å². The van der Waals surface area contributed by atoms with Crippen LogP contribution in [0.2, 0.25) is 0 Å². The molecule has 0 saturated heterocycles. The molecular weight excluding hydrogens is 255 g/mol. The van der Waals surface area contributed by atoms with Gasteiger partial charge in [-0.2, -0.15) is 0 Å². The summed E-state index contributed by atoms with van der Waals surface area (Å²) in [5.41, 5.74) is 0.167. The van der Waals surface area contributed by atoms with E-state index in [9.17, 15) is 9.50 Å². The first-order valence-corrected chi connectivity index (χ1v) is 7.48. The van der Waals surface area contributed by atoms with Crippen LogP contribution < -0.4 is 4.74 Å². The summed E-state index contributed by atoms with van der Waals surface area (Å²) in [4.78, 5) is 0. The van der Waals surface area contributed by atoms with E-state index in [1.807, 2.05) is 6.07 Å². The number of hydrogen-bond acceptors (Lipinski definition) is 2. The molecular formula is C17H25FO2. The van der Waals surface area contributed by atoms with Crippen molar-refractivity contribution in [1.82, 2.24) is 0 Å².